The number of amides is 1. The third-order valence-corrected chi connectivity index (χ3v) is 4.24. The quantitative estimate of drug-likeness (QED) is 0.198. The fourth-order valence-electron chi connectivity index (χ4n) is 2.96. The minimum Gasteiger partial charge on any atom is -0.462 e. The van der Waals surface area contributed by atoms with Crippen molar-refractivity contribution in [3.63, 3.8) is 0 Å². The van der Waals surface area contributed by atoms with E-state index in [2.05, 4.69) is 5.32 Å². The molecule has 0 aromatic rings. The maximum Gasteiger partial charge on any atom is 0.303 e. The first-order valence-corrected chi connectivity index (χ1v) is 11.0. The summed E-state index contributed by atoms with van der Waals surface area (Å²) in [4.78, 5) is 71.4. The maximum absolute atomic E-state index is 12.9. The van der Waals surface area contributed by atoms with E-state index in [1.165, 1.54) is 0 Å². The summed E-state index contributed by atoms with van der Waals surface area (Å²) in [5.41, 5.74) is 0. The Bertz CT molecular complexity index is 722. The fraction of sp³-hybridized carbons (Fsp3) is 0.727. The molecule has 194 valence electrons. The molecular weight excluding hydrogens is 454 g/mol. The molecule has 0 unspecified atom stereocenters. The van der Waals surface area contributed by atoms with Crippen LogP contribution in [0, 0.1) is 0 Å². The highest BCUT2D eigenvalue weighted by atomic mass is 16.6. The van der Waals surface area contributed by atoms with Gasteiger partial charge in [0, 0.05) is 41.2 Å². The van der Waals surface area contributed by atoms with Crippen LogP contribution in [0.2, 0.25) is 0 Å². The average molecular weight is 490 g/mol. The van der Waals surface area contributed by atoms with Gasteiger partial charge in [-0.1, -0.05) is 26.2 Å². The SMILES string of the molecule is CCCCCCNC(=O)[C@H](OC(C)=O)[C@@H](OC(C)=O)[C@H](OC(C)=O)[C@@H](COC(C)=O)OC(C)=O. The lowest BCUT2D eigenvalue weighted by Crippen LogP contribution is -2.57. The lowest BCUT2D eigenvalue weighted by atomic mass is 10.0. The van der Waals surface area contributed by atoms with Crippen molar-refractivity contribution in [1.82, 2.24) is 5.32 Å². The van der Waals surface area contributed by atoms with Gasteiger partial charge in [-0.05, 0) is 6.42 Å². The first kappa shape index (κ1) is 30.8. The van der Waals surface area contributed by atoms with Crippen molar-refractivity contribution in [2.24, 2.45) is 0 Å². The van der Waals surface area contributed by atoms with Gasteiger partial charge in [-0.3, -0.25) is 28.8 Å². The van der Waals surface area contributed by atoms with Crippen molar-refractivity contribution in [3.8, 4) is 0 Å². The van der Waals surface area contributed by atoms with E-state index in [1.807, 2.05) is 6.92 Å². The Balaban J connectivity index is 6.17. The van der Waals surface area contributed by atoms with Crippen molar-refractivity contribution < 1.29 is 52.5 Å². The van der Waals surface area contributed by atoms with Crippen molar-refractivity contribution >= 4 is 35.8 Å². The monoisotopic (exact) mass is 489 g/mol. The number of rotatable bonds is 15. The smallest absolute Gasteiger partial charge is 0.303 e. The normalized spacial score (nSPS) is 13.9. The molecule has 0 aliphatic carbocycles. The second-order valence-corrected chi connectivity index (χ2v) is 7.48. The molecule has 0 aromatic heterocycles. The van der Waals surface area contributed by atoms with Crippen LogP contribution >= 0.6 is 0 Å². The van der Waals surface area contributed by atoms with Gasteiger partial charge < -0.3 is 29.0 Å². The summed E-state index contributed by atoms with van der Waals surface area (Å²) in [6.07, 6.45) is -3.15. The molecule has 34 heavy (non-hydrogen) atoms. The van der Waals surface area contributed by atoms with Gasteiger partial charge in [0.1, 0.15) is 6.61 Å². The second kappa shape index (κ2) is 16.4. The van der Waals surface area contributed by atoms with Crippen LogP contribution in [-0.2, 0) is 52.5 Å². The number of carbonyl (C=O) groups is 6. The van der Waals surface area contributed by atoms with E-state index in [0.717, 1.165) is 53.9 Å². The van der Waals surface area contributed by atoms with Crippen LogP contribution in [0.4, 0.5) is 0 Å². The summed E-state index contributed by atoms with van der Waals surface area (Å²) in [6.45, 7) is 6.95. The van der Waals surface area contributed by atoms with E-state index in [-0.39, 0.29) is 6.54 Å². The molecule has 0 radical (unpaired) electrons. The number of carbonyl (C=O) groups excluding carboxylic acids is 6. The Morgan fingerprint density at radius 2 is 1.18 bits per heavy atom. The van der Waals surface area contributed by atoms with Crippen molar-refractivity contribution in [1.29, 1.82) is 0 Å². The van der Waals surface area contributed by atoms with Gasteiger partial charge >= 0.3 is 29.8 Å². The lowest BCUT2D eigenvalue weighted by molar-refractivity contribution is -0.203. The molecule has 0 fully saturated rings. The van der Waals surface area contributed by atoms with E-state index in [4.69, 9.17) is 23.7 Å². The third-order valence-electron chi connectivity index (χ3n) is 4.24. The number of unbranched alkanes of at least 4 members (excludes halogenated alkanes) is 3. The van der Waals surface area contributed by atoms with Crippen molar-refractivity contribution in [2.45, 2.75) is 91.6 Å². The minimum atomic E-state index is -1.76. The van der Waals surface area contributed by atoms with Crippen LogP contribution < -0.4 is 5.32 Å². The predicted molar refractivity (Wildman–Crippen MR) is 116 cm³/mol. The highest BCUT2D eigenvalue weighted by Crippen LogP contribution is 2.20. The molecule has 0 aliphatic rings. The van der Waals surface area contributed by atoms with Crippen LogP contribution in [0.1, 0.15) is 67.2 Å². The molecule has 1 amide bonds. The van der Waals surface area contributed by atoms with E-state index < -0.39 is 66.8 Å². The van der Waals surface area contributed by atoms with Gasteiger partial charge in [-0.25, -0.2) is 0 Å². The first-order valence-electron chi connectivity index (χ1n) is 11.0. The van der Waals surface area contributed by atoms with E-state index >= 15 is 0 Å². The zero-order valence-electron chi connectivity index (χ0n) is 20.5. The molecule has 0 saturated carbocycles. The van der Waals surface area contributed by atoms with Gasteiger partial charge in [0.25, 0.3) is 5.91 Å². The Hall–Kier alpha value is -3.18. The van der Waals surface area contributed by atoms with Crippen LogP contribution in [-0.4, -0.2) is 73.3 Å². The van der Waals surface area contributed by atoms with Crippen LogP contribution in [0.25, 0.3) is 0 Å². The summed E-state index contributed by atoms with van der Waals surface area (Å²) in [6, 6.07) is 0. The van der Waals surface area contributed by atoms with Crippen molar-refractivity contribution in [3.05, 3.63) is 0 Å². The molecule has 0 spiro atoms. The van der Waals surface area contributed by atoms with E-state index in [9.17, 15) is 28.8 Å². The highest BCUT2D eigenvalue weighted by Gasteiger charge is 2.46. The Morgan fingerprint density at radius 3 is 1.65 bits per heavy atom. The number of hydrogen-bond acceptors (Lipinski definition) is 11. The summed E-state index contributed by atoms with van der Waals surface area (Å²) in [7, 11) is 0. The highest BCUT2D eigenvalue weighted by molar-refractivity contribution is 5.84. The maximum atomic E-state index is 12.9. The molecule has 0 saturated heterocycles. The standard InChI is InChI=1S/C22H35NO11/c1-7-8-9-10-11-23-22(29)21(34-17(6)28)20(33-16(5)27)19(32-15(4)26)18(31-14(3)25)12-30-13(2)24/h18-21H,7-12H2,1-6H3,(H,23,29)/t18-,19-,20+,21-/m1/s1. The first-order chi connectivity index (χ1) is 15.9. The topological polar surface area (TPSA) is 161 Å². The van der Waals surface area contributed by atoms with Gasteiger partial charge in [0.2, 0.25) is 6.10 Å². The van der Waals surface area contributed by atoms with E-state index in [0.29, 0.717) is 6.42 Å². The molecule has 1 N–H and O–H groups in total. The molecule has 0 rings (SSSR count). The molecule has 12 heteroatoms. The summed E-state index contributed by atoms with van der Waals surface area (Å²) in [5.74, 6) is -5.05. The summed E-state index contributed by atoms with van der Waals surface area (Å²) in [5, 5.41) is 2.60. The summed E-state index contributed by atoms with van der Waals surface area (Å²) >= 11 is 0. The zero-order chi connectivity index (χ0) is 26.3. The number of hydrogen-bond donors (Lipinski definition) is 1. The fourth-order valence-corrected chi connectivity index (χ4v) is 2.96. The van der Waals surface area contributed by atoms with Crippen LogP contribution in [0.15, 0.2) is 0 Å². The van der Waals surface area contributed by atoms with Crippen LogP contribution in [0.5, 0.6) is 0 Å². The zero-order valence-corrected chi connectivity index (χ0v) is 20.5. The number of ether oxygens (including phenoxy) is 5. The van der Waals surface area contributed by atoms with Gasteiger partial charge in [0.05, 0.1) is 0 Å². The predicted octanol–water partition coefficient (Wildman–Crippen LogP) is 0.973. The molecule has 0 heterocycles. The van der Waals surface area contributed by atoms with Crippen molar-refractivity contribution in [2.75, 3.05) is 13.2 Å². The molecular formula is C22H35NO11. The summed E-state index contributed by atoms with van der Waals surface area (Å²) < 4.78 is 25.6. The third kappa shape index (κ3) is 13.4. The minimum absolute atomic E-state index is 0.252. The Kier molecular flexibility index (Phi) is 14.9. The van der Waals surface area contributed by atoms with Gasteiger partial charge in [-0.2, -0.15) is 0 Å². The Morgan fingerprint density at radius 1 is 0.647 bits per heavy atom. The molecule has 0 aromatic carbocycles. The molecule has 12 nitrogen and oxygen atoms in total. The van der Waals surface area contributed by atoms with Gasteiger partial charge in [0.15, 0.2) is 18.3 Å². The Labute approximate surface area is 198 Å². The average Bonchev–Trinajstić information content (AvgIpc) is 2.71. The lowest BCUT2D eigenvalue weighted by Gasteiger charge is -2.34. The van der Waals surface area contributed by atoms with Crippen LogP contribution in [0.3, 0.4) is 0 Å². The molecule has 4 atom stereocenters. The molecule has 0 aliphatic heterocycles. The van der Waals surface area contributed by atoms with E-state index in [1.54, 1.807) is 0 Å². The second-order valence-electron chi connectivity index (χ2n) is 7.48. The van der Waals surface area contributed by atoms with Gasteiger partial charge in [-0.15, -0.1) is 0 Å². The number of esters is 5. The largest absolute Gasteiger partial charge is 0.462 e. The number of nitrogens with one attached hydrogen (secondary N) is 1. The molecule has 0 bridgehead atoms.